The van der Waals surface area contributed by atoms with Crippen molar-refractivity contribution in [2.24, 2.45) is 5.73 Å². The van der Waals surface area contributed by atoms with Crippen LogP contribution in [0.4, 0.5) is 8.78 Å². The summed E-state index contributed by atoms with van der Waals surface area (Å²) in [4.78, 5) is 10.5. The number of methoxy groups -OCH3 is 1. The Hall–Kier alpha value is -1.89. The van der Waals surface area contributed by atoms with E-state index < -0.39 is 12.5 Å². The number of hydrogen-bond donors (Lipinski definition) is 2. The highest BCUT2D eigenvalue weighted by Crippen LogP contribution is 2.29. The van der Waals surface area contributed by atoms with Gasteiger partial charge in [0.25, 0.3) is 0 Å². The largest absolute Gasteiger partial charge is 0.493 e. The number of rotatable bonds is 8. The third-order valence-corrected chi connectivity index (χ3v) is 2.32. The van der Waals surface area contributed by atoms with Gasteiger partial charge in [0.1, 0.15) is 0 Å². The Labute approximate surface area is 109 Å². The number of carbonyl (C=O) groups is 1. The predicted octanol–water partition coefficient (Wildman–Crippen LogP) is 1.26. The third-order valence-electron chi connectivity index (χ3n) is 2.32. The van der Waals surface area contributed by atoms with E-state index in [2.05, 4.69) is 10.1 Å². The molecule has 3 N–H and O–H groups in total. The Morgan fingerprint density at radius 3 is 2.74 bits per heavy atom. The zero-order valence-corrected chi connectivity index (χ0v) is 10.5. The molecule has 0 aliphatic rings. The first-order chi connectivity index (χ1) is 9.02. The van der Waals surface area contributed by atoms with Crippen molar-refractivity contribution in [2.75, 3.05) is 13.7 Å². The lowest BCUT2D eigenvalue weighted by Gasteiger charge is -2.11. The molecule has 0 unspecified atom stereocenters. The van der Waals surface area contributed by atoms with Crippen LogP contribution in [-0.4, -0.2) is 26.2 Å². The first kappa shape index (κ1) is 15.2. The number of amides is 1. The molecule has 0 aliphatic carbocycles. The molecule has 0 atom stereocenters. The van der Waals surface area contributed by atoms with E-state index >= 15 is 0 Å². The van der Waals surface area contributed by atoms with Gasteiger partial charge >= 0.3 is 6.61 Å². The summed E-state index contributed by atoms with van der Waals surface area (Å²) in [7, 11) is 1.37. The van der Waals surface area contributed by atoms with Gasteiger partial charge in [-0.05, 0) is 17.7 Å². The first-order valence-corrected chi connectivity index (χ1v) is 5.63. The summed E-state index contributed by atoms with van der Waals surface area (Å²) in [5.41, 5.74) is 5.73. The maximum atomic E-state index is 12.2. The van der Waals surface area contributed by atoms with Crippen LogP contribution in [0.1, 0.15) is 12.0 Å². The molecule has 0 saturated heterocycles. The Morgan fingerprint density at radius 2 is 2.16 bits per heavy atom. The Bertz CT molecular complexity index is 427. The number of nitrogens with two attached hydrogens (primary N) is 1. The molecule has 19 heavy (non-hydrogen) atoms. The fourth-order valence-electron chi connectivity index (χ4n) is 1.46. The maximum absolute atomic E-state index is 12.2. The van der Waals surface area contributed by atoms with Gasteiger partial charge in [-0.3, -0.25) is 4.79 Å². The number of primary amides is 1. The second kappa shape index (κ2) is 7.52. The Kier molecular flexibility index (Phi) is 6.01. The van der Waals surface area contributed by atoms with Crippen molar-refractivity contribution in [1.82, 2.24) is 5.32 Å². The molecule has 0 aromatic heterocycles. The standard InChI is InChI=1S/C12H16F2N2O3/c1-18-9-3-2-8(6-10(9)19-12(13)14)7-16-5-4-11(15)17/h2-3,6,12,16H,4-5,7H2,1H3,(H2,15,17). The van der Waals surface area contributed by atoms with Crippen molar-refractivity contribution in [1.29, 1.82) is 0 Å². The Morgan fingerprint density at radius 1 is 1.42 bits per heavy atom. The van der Waals surface area contributed by atoms with Gasteiger partial charge in [0, 0.05) is 19.5 Å². The van der Waals surface area contributed by atoms with Crippen LogP contribution in [0.2, 0.25) is 0 Å². The number of ether oxygens (including phenoxy) is 2. The van der Waals surface area contributed by atoms with Gasteiger partial charge in [-0.15, -0.1) is 0 Å². The number of carbonyl (C=O) groups excluding carboxylic acids is 1. The van der Waals surface area contributed by atoms with E-state index in [1.54, 1.807) is 12.1 Å². The second-order valence-corrected chi connectivity index (χ2v) is 3.76. The molecule has 0 spiro atoms. The van der Waals surface area contributed by atoms with Gasteiger partial charge in [-0.2, -0.15) is 8.78 Å². The van der Waals surface area contributed by atoms with Crippen LogP contribution in [0.15, 0.2) is 18.2 Å². The smallest absolute Gasteiger partial charge is 0.387 e. The van der Waals surface area contributed by atoms with Crippen molar-refractivity contribution < 1.29 is 23.0 Å². The van der Waals surface area contributed by atoms with Crippen LogP contribution >= 0.6 is 0 Å². The van der Waals surface area contributed by atoms with Crippen LogP contribution in [0, 0.1) is 0 Å². The van der Waals surface area contributed by atoms with E-state index in [0.717, 1.165) is 5.56 Å². The first-order valence-electron chi connectivity index (χ1n) is 5.63. The monoisotopic (exact) mass is 274 g/mol. The zero-order chi connectivity index (χ0) is 14.3. The van der Waals surface area contributed by atoms with E-state index in [1.807, 2.05) is 0 Å². The van der Waals surface area contributed by atoms with E-state index in [0.29, 0.717) is 13.1 Å². The Balaban J connectivity index is 2.61. The fraction of sp³-hybridized carbons (Fsp3) is 0.417. The molecule has 0 aliphatic heterocycles. The summed E-state index contributed by atoms with van der Waals surface area (Å²) in [6.45, 7) is -2.07. The number of benzene rings is 1. The quantitative estimate of drug-likeness (QED) is 0.700. The topological polar surface area (TPSA) is 73.6 Å². The summed E-state index contributed by atoms with van der Waals surface area (Å²) in [6, 6.07) is 4.72. The normalized spacial score (nSPS) is 10.5. The molecule has 1 aromatic rings. The van der Waals surface area contributed by atoms with Gasteiger partial charge in [0.2, 0.25) is 5.91 Å². The third kappa shape index (κ3) is 5.52. The molecule has 0 fully saturated rings. The molecular weight excluding hydrogens is 258 g/mol. The zero-order valence-electron chi connectivity index (χ0n) is 10.5. The van der Waals surface area contributed by atoms with E-state index in [1.165, 1.54) is 13.2 Å². The molecule has 0 bridgehead atoms. The van der Waals surface area contributed by atoms with Gasteiger partial charge in [-0.25, -0.2) is 0 Å². The predicted molar refractivity (Wildman–Crippen MR) is 65.1 cm³/mol. The van der Waals surface area contributed by atoms with Crippen LogP contribution in [0.25, 0.3) is 0 Å². The van der Waals surface area contributed by atoms with Crippen molar-refractivity contribution in [3.63, 3.8) is 0 Å². The van der Waals surface area contributed by atoms with E-state index in [-0.39, 0.29) is 17.9 Å². The molecule has 0 saturated carbocycles. The minimum atomic E-state index is -2.91. The highest BCUT2D eigenvalue weighted by atomic mass is 19.3. The maximum Gasteiger partial charge on any atom is 0.387 e. The highest BCUT2D eigenvalue weighted by molar-refractivity contribution is 5.73. The molecule has 0 heterocycles. The van der Waals surface area contributed by atoms with Crippen LogP contribution in [0.5, 0.6) is 11.5 Å². The fourth-order valence-corrected chi connectivity index (χ4v) is 1.46. The molecular formula is C12H16F2N2O3. The summed E-state index contributed by atoms with van der Waals surface area (Å²) < 4.78 is 33.7. The summed E-state index contributed by atoms with van der Waals surface area (Å²) in [5.74, 6) is -0.183. The number of halogens is 2. The van der Waals surface area contributed by atoms with Crippen molar-refractivity contribution >= 4 is 5.91 Å². The van der Waals surface area contributed by atoms with Crippen LogP contribution in [0.3, 0.4) is 0 Å². The molecule has 0 radical (unpaired) electrons. The average Bonchev–Trinajstić information content (AvgIpc) is 2.34. The number of alkyl halides is 2. The number of nitrogens with one attached hydrogen (secondary N) is 1. The second-order valence-electron chi connectivity index (χ2n) is 3.76. The molecule has 1 rings (SSSR count). The molecule has 1 aromatic carbocycles. The van der Waals surface area contributed by atoms with Crippen molar-refractivity contribution in [2.45, 2.75) is 19.6 Å². The molecule has 7 heteroatoms. The minimum Gasteiger partial charge on any atom is -0.493 e. The van der Waals surface area contributed by atoms with Crippen molar-refractivity contribution in [3.8, 4) is 11.5 Å². The lowest BCUT2D eigenvalue weighted by atomic mass is 10.2. The molecule has 106 valence electrons. The molecule has 5 nitrogen and oxygen atoms in total. The van der Waals surface area contributed by atoms with Gasteiger partial charge in [-0.1, -0.05) is 6.07 Å². The summed E-state index contributed by atoms with van der Waals surface area (Å²) >= 11 is 0. The highest BCUT2D eigenvalue weighted by Gasteiger charge is 2.11. The lowest BCUT2D eigenvalue weighted by molar-refractivity contribution is -0.117. The van der Waals surface area contributed by atoms with Crippen molar-refractivity contribution in [3.05, 3.63) is 23.8 Å². The average molecular weight is 274 g/mol. The SMILES string of the molecule is COc1ccc(CNCCC(N)=O)cc1OC(F)F. The summed E-state index contributed by atoms with van der Waals surface area (Å²) in [5, 5.41) is 2.97. The minimum absolute atomic E-state index is 0.0216. The van der Waals surface area contributed by atoms with E-state index in [4.69, 9.17) is 10.5 Å². The lowest BCUT2D eigenvalue weighted by Crippen LogP contribution is -2.21. The van der Waals surface area contributed by atoms with Crippen LogP contribution in [-0.2, 0) is 11.3 Å². The number of hydrogen-bond acceptors (Lipinski definition) is 4. The van der Waals surface area contributed by atoms with Gasteiger partial charge in [0.15, 0.2) is 11.5 Å². The van der Waals surface area contributed by atoms with E-state index in [9.17, 15) is 13.6 Å². The van der Waals surface area contributed by atoms with Gasteiger partial charge < -0.3 is 20.5 Å². The van der Waals surface area contributed by atoms with Crippen LogP contribution < -0.4 is 20.5 Å². The molecule has 1 amide bonds. The summed E-state index contributed by atoms with van der Waals surface area (Å²) in [6.07, 6.45) is 0.219. The van der Waals surface area contributed by atoms with Gasteiger partial charge in [0.05, 0.1) is 7.11 Å².